The molecule has 0 aliphatic rings. The number of aliphatic hydroxyl groups is 1. The zero-order valence-corrected chi connectivity index (χ0v) is 12.3. The number of aliphatic hydroxyl groups excluding tert-OH is 1. The molecule has 0 fully saturated rings. The van der Waals surface area contributed by atoms with Crippen LogP contribution in [0, 0.1) is 24.6 Å². The van der Waals surface area contributed by atoms with E-state index in [1.807, 2.05) is 12.1 Å². The number of aryl methyl sites for hydroxylation is 1. The van der Waals surface area contributed by atoms with Gasteiger partial charge < -0.3 is 10.4 Å². The van der Waals surface area contributed by atoms with Crippen molar-refractivity contribution in [2.75, 3.05) is 6.61 Å². The maximum absolute atomic E-state index is 13.4. The van der Waals surface area contributed by atoms with Gasteiger partial charge in [-0.05, 0) is 36.8 Å². The fraction of sp³-hybridized carbons (Fsp3) is 0.188. The van der Waals surface area contributed by atoms with Gasteiger partial charge in [0.2, 0.25) is 0 Å². The Morgan fingerprint density at radius 3 is 2.90 bits per heavy atom. The first-order valence-corrected chi connectivity index (χ1v) is 7.14. The van der Waals surface area contributed by atoms with Gasteiger partial charge in [0.15, 0.2) is 0 Å². The van der Waals surface area contributed by atoms with E-state index in [9.17, 15) is 9.18 Å². The third-order valence-corrected chi connectivity index (χ3v) is 3.81. The fourth-order valence-electron chi connectivity index (χ4n) is 1.67. The Labute approximate surface area is 126 Å². The molecule has 2 N–H and O–H groups in total. The Morgan fingerprint density at radius 2 is 2.19 bits per heavy atom. The summed E-state index contributed by atoms with van der Waals surface area (Å²) in [5, 5.41) is 11.4. The number of thiophene rings is 1. The zero-order valence-electron chi connectivity index (χ0n) is 11.4. The highest BCUT2D eigenvalue weighted by atomic mass is 32.1. The molecule has 0 aliphatic heterocycles. The molecule has 3 nitrogen and oxygen atoms in total. The summed E-state index contributed by atoms with van der Waals surface area (Å²) in [7, 11) is 0. The zero-order chi connectivity index (χ0) is 15.2. The van der Waals surface area contributed by atoms with Crippen molar-refractivity contribution in [1.29, 1.82) is 0 Å². The smallest absolute Gasteiger partial charge is 0.251 e. The van der Waals surface area contributed by atoms with E-state index in [1.54, 1.807) is 19.1 Å². The summed E-state index contributed by atoms with van der Waals surface area (Å²) >= 11 is 1.44. The molecule has 0 saturated carbocycles. The molecule has 0 radical (unpaired) electrons. The minimum atomic E-state index is -0.389. The Morgan fingerprint density at radius 1 is 1.38 bits per heavy atom. The first kappa shape index (κ1) is 15.2. The van der Waals surface area contributed by atoms with Gasteiger partial charge in [0.05, 0.1) is 11.4 Å². The summed E-state index contributed by atoms with van der Waals surface area (Å²) in [6, 6.07) is 8.11. The Hall–Kier alpha value is -2.16. The summed E-state index contributed by atoms with van der Waals surface area (Å²) in [5.74, 6) is 4.67. The van der Waals surface area contributed by atoms with Gasteiger partial charge in [0.25, 0.3) is 5.91 Å². The van der Waals surface area contributed by atoms with Gasteiger partial charge >= 0.3 is 0 Å². The van der Waals surface area contributed by atoms with Crippen LogP contribution in [-0.4, -0.2) is 17.6 Å². The number of nitrogens with one attached hydrogen (secondary N) is 1. The lowest BCUT2D eigenvalue weighted by molar-refractivity contribution is 0.0951. The largest absolute Gasteiger partial charge is 0.384 e. The van der Waals surface area contributed by atoms with Gasteiger partial charge in [0, 0.05) is 10.4 Å². The first-order valence-electron chi connectivity index (χ1n) is 6.33. The molecule has 0 atom stereocenters. The molecule has 2 rings (SSSR count). The van der Waals surface area contributed by atoms with Crippen LogP contribution < -0.4 is 5.32 Å². The van der Waals surface area contributed by atoms with Crippen molar-refractivity contribution in [2.24, 2.45) is 0 Å². The second-order valence-corrected chi connectivity index (χ2v) is 5.54. The molecule has 0 bridgehead atoms. The molecule has 108 valence electrons. The van der Waals surface area contributed by atoms with Crippen molar-refractivity contribution in [2.45, 2.75) is 13.5 Å². The van der Waals surface area contributed by atoms with Crippen molar-refractivity contribution in [3.05, 3.63) is 57.0 Å². The average molecular weight is 303 g/mol. The SMILES string of the molecule is Cc1ccc(C(=O)NCc2ccc(C#CCO)s2)cc1F. The summed E-state index contributed by atoms with van der Waals surface area (Å²) in [5.41, 5.74) is 0.812. The summed E-state index contributed by atoms with van der Waals surface area (Å²) in [6.45, 7) is 1.83. The quantitative estimate of drug-likeness (QED) is 0.856. The third-order valence-electron chi connectivity index (χ3n) is 2.81. The summed E-state index contributed by atoms with van der Waals surface area (Å²) < 4.78 is 13.4. The minimum Gasteiger partial charge on any atom is -0.384 e. The van der Waals surface area contributed by atoms with Gasteiger partial charge in [-0.3, -0.25) is 4.79 Å². The van der Waals surface area contributed by atoms with Gasteiger partial charge in [-0.25, -0.2) is 4.39 Å². The standard InChI is InChI=1S/C16H14FNO2S/c1-11-4-5-12(9-15(11)17)16(20)18-10-14-7-6-13(21-14)3-2-8-19/h4-7,9,19H,8,10H2,1H3,(H,18,20). The molecule has 0 spiro atoms. The van der Waals surface area contributed by atoms with E-state index in [0.717, 1.165) is 9.75 Å². The highest BCUT2D eigenvalue weighted by Crippen LogP contribution is 2.15. The topological polar surface area (TPSA) is 49.3 Å². The normalized spacial score (nSPS) is 9.86. The third kappa shape index (κ3) is 4.15. The molecular formula is C16H14FNO2S. The second kappa shape index (κ2) is 7.02. The van der Waals surface area contributed by atoms with Crippen molar-refractivity contribution in [1.82, 2.24) is 5.32 Å². The van der Waals surface area contributed by atoms with Crippen LogP contribution in [0.1, 0.15) is 25.7 Å². The molecular weight excluding hydrogens is 289 g/mol. The Kier molecular flexibility index (Phi) is 5.09. The van der Waals surface area contributed by atoms with Crippen LogP contribution >= 0.6 is 11.3 Å². The number of hydrogen-bond acceptors (Lipinski definition) is 3. The average Bonchev–Trinajstić information content (AvgIpc) is 2.93. The number of rotatable bonds is 3. The molecule has 0 aliphatic carbocycles. The lowest BCUT2D eigenvalue weighted by Crippen LogP contribution is -2.22. The Bertz CT molecular complexity index is 713. The van der Waals surface area contributed by atoms with Crippen LogP contribution in [0.5, 0.6) is 0 Å². The van der Waals surface area contributed by atoms with Crippen LogP contribution in [0.2, 0.25) is 0 Å². The predicted molar refractivity (Wildman–Crippen MR) is 80.6 cm³/mol. The molecule has 0 saturated heterocycles. The lowest BCUT2D eigenvalue weighted by Gasteiger charge is -2.04. The minimum absolute atomic E-state index is 0.178. The van der Waals surface area contributed by atoms with Crippen LogP contribution in [0.3, 0.4) is 0 Å². The number of amides is 1. The van der Waals surface area contributed by atoms with Crippen LogP contribution in [0.15, 0.2) is 30.3 Å². The van der Waals surface area contributed by atoms with E-state index in [4.69, 9.17) is 5.11 Å². The van der Waals surface area contributed by atoms with E-state index >= 15 is 0 Å². The van der Waals surface area contributed by atoms with Crippen LogP contribution in [-0.2, 0) is 6.54 Å². The number of hydrogen-bond donors (Lipinski definition) is 2. The fourth-order valence-corrected chi connectivity index (χ4v) is 2.49. The predicted octanol–water partition coefficient (Wildman–Crippen LogP) is 2.47. The van der Waals surface area contributed by atoms with E-state index in [1.165, 1.54) is 17.4 Å². The number of carbonyl (C=O) groups is 1. The van der Waals surface area contributed by atoms with Gasteiger partial charge in [-0.1, -0.05) is 17.9 Å². The second-order valence-electron chi connectivity index (χ2n) is 4.37. The first-order chi connectivity index (χ1) is 10.1. The van der Waals surface area contributed by atoms with E-state index in [-0.39, 0.29) is 18.3 Å². The Balaban J connectivity index is 1.97. The maximum Gasteiger partial charge on any atom is 0.251 e. The van der Waals surface area contributed by atoms with Crippen LogP contribution in [0.25, 0.3) is 0 Å². The summed E-state index contributed by atoms with van der Waals surface area (Å²) in [6.07, 6.45) is 0. The number of carbonyl (C=O) groups excluding carboxylic acids is 1. The molecule has 1 aromatic carbocycles. The van der Waals surface area contributed by atoms with E-state index in [2.05, 4.69) is 17.2 Å². The monoisotopic (exact) mass is 303 g/mol. The lowest BCUT2D eigenvalue weighted by atomic mass is 10.1. The number of benzene rings is 1. The maximum atomic E-state index is 13.4. The molecule has 1 aromatic heterocycles. The molecule has 21 heavy (non-hydrogen) atoms. The van der Waals surface area contributed by atoms with Crippen molar-refractivity contribution in [3.8, 4) is 11.8 Å². The molecule has 5 heteroatoms. The van der Waals surface area contributed by atoms with E-state index in [0.29, 0.717) is 17.7 Å². The highest BCUT2D eigenvalue weighted by Gasteiger charge is 2.08. The molecule has 0 unspecified atom stereocenters. The van der Waals surface area contributed by atoms with Crippen molar-refractivity contribution < 1.29 is 14.3 Å². The van der Waals surface area contributed by atoms with Gasteiger partial charge in [0.1, 0.15) is 12.4 Å². The van der Waals surface area contributed by atoms with Gasteiger partial charge in [-0.2, -0.15) is 0 Å². The highest BCUT2D eigenvalue weighted by molar-refractivity contribution is 7.12. The molecule has 1 heterocycles. The number of halogens is 1. The van der Waals surface area contributed by atoms with Gasteiger partial charge in [-0.15, -0.1) is 11.3 Å². The molecule has 2 aromatic rings. The van der Waals surface area contributed by atoms with E-state index < -0.39 is 0 Å². The van der Waals surface area contributed by atoms with Crippen LogP contribution in [0.4, 0.5) is 4.39 Å². The summed E-state index contributed by atoms with van der Waals surface area (Å²) in [4.78, 5) is 13.7. The van der Waals surface area contributed by atoms with Crippen molar-refractivity contribution in [3.63, 3.8) is 0 Å². The van der Waals surface area contributed by atoms with Crippen molar-refractivity contribution >= 4 is 17.2 Å². The molecule has 1 amide bonds.